The Hall–Kier alpha value is -2.57. The van der Waals surface area contributed by atoms with E-state index in [9.17, 15) is 19.5 Å². The third-order valence-electron chi connectivity index (χ3n) is 4.09. The number of alkyl carbamates (subject to hydrolysis) is 1. The molecule has 1 heterocycles. The van der Waals surface area contributed by atoms with Gasteiger partial charge in [0.15, 0.2) is 0 Å². The Morgan fingerprint density at radius 3 is 2.50 bits per heavy atom. The number of benzene rings is 1. The van der Waals surface area contributed by atoms with Crippen LogP contribution in [0.3, 0.4) is 0 Å². The van der Waals surface area contributed by atoms with Crippen LogP contribution >= 0.6 is 0 Å². The fraction of sp³-hybridized carbons (Fsp3) is 0.526. The molecule has 1 aliphatic heterocycles. The lowest BCUT2D eigenvalue weighted by Crippen LogP contribution is -2.53. The summed E-state index contributed by atoms with van der Waals surface area (Å²) in [5.41, 5.74) is 0.176. The van der Waals surface area contributed by atoms with Crippen LogP contribution in [0.4, 0.5) is 4.79 Å². The minimum Gasteiger partial charge on any atom is -0.480 e. The molecule has 1 aliphatic rings. The highest BCUT2D eigenvalue weighted by molar-refractivity contribution is 5.90. The first kappa shape index (κ1) is 19.8. The van der Waals surface area contributed by atoms with Crippen molar-refractivity contribution in [3.05, 3.63) is 35.9 Å². The summed E-state index contributed by atoms with van der Waals surface area (Å²) in [5.74, 6) is -1.42. The lowest BCUT2D eigenvalue weighted by atomic mass is 10.0. The second-order valence-electron chi connectivity index (χ2n) is 7.42. The van der Waals surface area contributed by atoms with Crippen LogP contribution in [0.1, 0.15) is 39.2 Å². The Bertz CT molecular complexity index is 654. The molecule has 1 unspecified atom stereocenters. The number of likely N-dealkylation sites (tertiary alicyclic amines) is 1. The first-order valence-electron chi connectivity index (χ1n) is 8.74. The molecule has 2 rings (SSSR count). The average Bonchev–Trinajstić information content (AvgIpc) is 3.02. The van der Waals surface area contributed by atoms with Crippen LogP contribution in [-0.2, 0) is 20.7 Å². The highest BCUT2D eigenvalue weighted by atomic mass is 16.6. The monoisotopic (exact) mass is 362 g/mol. The summed E-state index contributed by atoms with van der Waals surface area (Å²) in [6.07, 6.45) is 0.624. The van der Waals surface area contributed by atoms with Gasteiger partial charge in [0.25, 0.3) is 0 Å². The Morgan fingerprint density at radius 1 is 1.27 bits per heavy atom. The summed E-state index contributed by atoms with van der Waals surface area (Å²) in [4.78, 5) is 37.9. The molecule has 0 saturated carbocycles. The normalized spacial score (nSPS) is 18.3. The number of carbonyl (C=O) groups is 3. The molecule has 26 heavy (non-hydrogen) atoms. The molecule has 0 radical (unpaired) electrons. The van der Waals surface area contributed by atoms with E-state index < -0.39 is 35.7 Å². The van der Waals surface area contributed by atoms with E-state index in [0.29, 0.717) is 19.4 Å². The van der Waals surface area contributed by atoms with Crippen LogP contribution in [0.5, 0.6) is 0 Å². The molecule has 142 valence electrons. The Kier molecular flexibility index (Phi) is 6.23. The number of ether oxygens (including phenoxy) is 1. The van der Waals surface area contributed by atoms with Gasteiger partial charge in [0.05, 0.1) is 0 Å². The quantitative estimate of drug-likeness (QED) is 0.837. The van der Waals surface area contributed by atoms with Gasteiger partial charge in [-0.3, -0.25) is 4.79 Å². The zero-order valence-electron chi connectivity index (χ0n) is 15.4. The van der Waals surface area contributed by atoms with Gasteiger partial charge in [0.1, 0.15) is 17.7 Å². The molecule has 0 spiro atoms. The first-order valence-corrected chi connectivity index (χ1v) is 8.74. The van der Waals surface area contributed by atoms with Crippen molar-refractivity contribution >= 4 is 18.0 Å². The van der Waals surface area contributed by atoms with Crippen LogP contribution in [0.25, 0.3) is 0 Å². The predicted octanol–water partition coefficient (Wildman–Crippen LogP) is 2.20. The topological polar surface area (TPSA) is 95.9 Å². The molecule has 1 saturated heterocycles. The minimum atomic E-state index is -1.02. The van der Waals surface area contributed by atoms with E-state index >= 15 is 0 Å². The zero-order chi connectivity index (χ0) is 19.3. The second-order valence-corrected chi connectivity index (χ2v) is 7.42. The molecule has 0 aliphatic carbocycles. The summed E-state index contributed by atoms with van der Waals surface area (Å²) in [6.45, 7) is 5.59. The fourth-order valence-corrected chi connectivity index (χ4v) is 2.99. The molecule has 2 amide bonds. The van der Waals surface area contributed by atoms with Crippen LogP contribution in [0.15, 0.2) is 30.3 Å². The van der Waals surface area contributed by atoms with Gasteiger partial charge in [-0.2, -0.15) is 0 Å². The largest absolute Gasteiger partial charge is 0.480 e. The predicted molar refractivity (Wildman–Crippen MR) is 95.7 cm³/mol. The Labute approximate surface area is 153 Å². The maximum atomic E-state index is 13.0. The minimum absolute atomic E-state index is 0.266. The van der Waals surface area contributed by atoms with Crippen LogP contribution in [-0.4, -0.2) is 52.2 Å². The number of aliphatic carboxylic acids is 1. The molecule has 7 heteroatoms. The maximum Gasteiger partial charge on any atom is 0.408 e. The lowest BCUT2D eigenvalue weighted by Gasteiger charge is -2.28. The number of carbonyl (C=O) groups excluding carboxylic acids is 2. The van der Waals surface area contributed by atoms with E-state index in [2.05, 4.69) is 5.32 Å². The Balaban J connectivity index is 2.17. The van der Waals surface area contributed by atoms with Crippen LogP contribution in [0.2, 0.25) is 0 Å². The van der Waals surface area contributed by atoms with Crippen molar-refractivity contribution in [2.45, 2.75) is 57.7 Å². The van der Waals surface area contributed by atoms with Gasteiger partial charge in [0.2, 0.25) is 5.91 Å². The number of carboxylic acid groups (broad SMARTS) is 1. The molecule has 0 aromatic heterocycles. The molecule has 0 bridgehead atoms. The van der Waals surface area contributed by atoms with E-state index in [4.69, 9.17) is 4.74 Å². The van der Waals surface area contributed by atoms with Crippen molar-refractivity contribution < 1.29 is 24.2 Å². The molecule has 7 nitrogen and oxygen atoms in total. The molecular formula is C19H26N2O5. The molecular weight excluding hydrogens is 336 g/mol. The molecule has 1 fully saturated rings. The number of hydrogen-bond donors (Lipinski definition) is 2. The SMILES string of the molecule is CC(C)(C)OC(=O)NC(Cc1ccccc1)C(=O)N1CCC[C@@H]1C(=O)O. The fourth-order valence-electron chi connectivity index (χ4n) is 2.99. The first-order chi connectivity index (χ1) is 12.2. The van der Waals surface area contributed by atoms with E-state index in [1.807, 2.05) is 30.3 Å². The standard InChI is InChI=1S/C19H26N2O5/c1-19(2,3)26-18(25)20-14(12-13-8-5-4-6-9-13)16(22)21-11-7-10-15(21)17(23)24/h4-6,8-9,14-15H,7,10-12H2,1-3H3,(H,20,25)(H,23,24)/t14?,15-/m1/s1. The summed E-state index contributed by atoms with van der Waals surface area (Å²) >= 11 is 0. The van der Waals surface area contributed by atoms with Crippen molar-refractivity contribution in [3.8, 4) is 0 Å². The number of hydrogen-bond acceptors (Lipinski definition) is 4. The van der Waals surface area contributed by atoms with E-state index in [0.717, 1.165) is 5.56 Å². The van der Waals surface area contributed by atoms with Gasteiger partial charge in [-0.25, -0.2) is 9.59 Å². The summed E-state index contributed by atoms with van der Waals surface area (Å²) in [7, 11) is 0. The zero-order valence-corrected chi connectivity index (χ0v) is 15.4. The number of nitrogens with one attached hydrogen (secondary N) is 1. The van der Waals surface area contributed by atoms with Gasteiger partial charge in [0, 0.05) is 13.0 Å². The van der Waals surface area contributed by atoms with E-state index in [-0.39, 0.29) is 6.42 Å². The molecule has 1 aromatic rings. The summed E-state index contributed by atoms with van der Waals surface area (Å²) in [6, 6.07) is 7.54. The van der Waals surface area contributed by atoms with Crippen molar-refractivity contribution in [1.29, 1.82) is 0 Å². The highest BCUT2D eigenvalue weighted by Crippen LogP contribution is 2.20. The van der Waals surface area contributed by atoms with Crippen LogP contribution in [0, 0.1) is 0 Å². The van der Waals surface area contributed by atoms with Crippen molar-refractivity contribution in [1.82, 2.24) is 10.2 Å². The molecule has 1 aromatic carbocycles. The van der Waals surface area contributed by atoms with Gasteiger partial charge < -0.3 is 20.1 Å². The van der Waals surface area contributed by atoms with Gasteiger partial charge in [-0.05, 0) is 39.2 Å². The number of amides is 2. The van der Waals surface area contributed by atoms with Crippen molar-refractivity contribution in [3.63, 3.8) is 0 Å². The van der Waals surface area contributed by atoms with Crippen LogP contribution < -0.4 is 5.32 Å². The second kappa shape index (κ2) is 8.21. The lowest BCUT2D eigenvalue weighted by molar-refractivity contribution is -0.149. The molecule has 2 atom stereocenters. The average molecular weight is 362 g/mol. The van der Waals surface area contributed by atoms with Crippen molar-refractivity contribution in [2.24, 2.45) is 0 Å². The summed E-state index contributed by atoms with van der Waals surface area (Å²) in [5, 5.41) is 11.9. The smallest absolute Gasteiger partial charge is 0.408 e. The maximum absolute atomic E-state index is 13.0. The van der Waals surface area contributed by atoms with Crippen molar-refractivity contribution in [2.75, 3.05) is 6.54 Å². The number of nitrogens with zero attached hydrogens (tertiary/aromatic N) is 1. The van der Waals surface area contributed by atoms with Gasteiger partial charge in [-0.15, -0.1) is 0 Å². The highest BCUT2D eigenvalue weighted by Gasteiger charge is 2.38. The van der Waals surface area contributed by atoms with Gasteiger partial charge >= 0.3 is 12.1 Å². The third kappa shape index (κ3) is 5.47. The third-order valence-corrected chi connectivity index (χ3v) is 4.09. The van der Waals surface area contributed by atoms with E-state index in [1.54, 1.807) is 20.8 Å². The molecule has 2 N–H and O–H groups in total. The number of carboxylic acids is 1. The van der Waals surface area contributed by atoms with E-state index in [1.165, 1.54) is 4.90 Å². The summed E-state index contributed by atoms with van der Waals surface area (Å²) < 4.78 is 5.26. The Morgan fingerprint density at radius 2 is 1.92 bits per heavy atom. The van der Waals surface area contributed by atoms with Gasteiger partial charge in [-0.1, -0.05) is 30.3 Å². The number of rotatable bonds is 5.